The summed E-state index contributed by atoms with van der Waals surface area (Å²) >= 11 is 2.84. The Hall–Kier alpha value is -2.65. The van der Waals surface area contributed by atoms with Crippen LogP contribution < -0.4 is 10.6 Å². The molecule has 7 nitrogen and oxygen atoms in total. The summed E-state index contributed by atoms with van der Waals surface area (Å²) < 4.78 is 6.16. The van der Waals surface area contributed by atoms with Crippen molar-refractivity contribution in [3.8, 4) is 11.3 Å². The Labute approximate surface area is 158 Å². The Morgan fingerprint density at radius 1 is 1.23 bits per heavy atom. The normalized spacial score (nSPS) is 10.5. The molecule has 0 aliphatic rings. The molecule has 0 atom stereocenters. The van der Waals surface area contributed by atoms with Gasteiger partial charge in [-0.1, -0.05) is 5.16 Å². The summed E-state index contributed by atoms with van der Waals surface area (Å²) in [6.07, 6.45) is 6.77. The van der Waals surface area contributed by atoms with Crippen LogP contribution in [0.15, 0.2) is 45.5 Å². The molecule has 0 spiro atoms. The number of amides is 3. The molecule has 0 saturated carbocycles. The molecule has 0 aliphatic heterocycles. The second-order valence-corrected chi connectivity index (χ2v) is 7.39. The monoisotopic (exact) mass is 388 g/mol. The van der Waals surface area contributed by atoms with Crippen molar-refractivity contribution in [1.29, 1.82) is 0 Å². The van der Waals surface area contributed by atoms with Gasteiger partial charge in [-0.2, -0.15) is 0 Å². The van der Waals surface area contributed by atoms with E-state index >= 15 is 0 Å². The lowest BCUT2D eigenvalue weighted by Gasteiger charge is -2.06. The van der Waals surface area contributed by atoms with E-state index < -0.39 is 11.9 Å². The van der Waals surface area contributed by atoms with Gasteiger partial charge in [0.1, 0.15) is 0 Å². The summed E-state index contributed by atoms with van der Waals surface area (Å²) in [7, 11) is 0. The number of nitrogens with one attached hydrogen (secondary N) is 2. The molecule has 0 saturated heterocycles. The number of hydrogen-bond acceptors (Lipinski definition) is 7. The molecule has 0 aliphatic carbocycles. The number of urea groups is 1. The molecular weight excluding hydrogens is 372 g/mol. The maximum absolute atomic E-state index is 12.5. The highest BCUT2D eigenvalue weighted by Gasteiger charge is 2.23. The SMILES string of the molecule is CSc1sc(C(=O)NC(=O)NCc2ccncc2)c(C)c1-c1ccno1. The summed E-state index contributed by atoms with van der Waals surface area (Å²) in [5.74, 6) is 0.157. The van der Waals surface area contributed by atoms with Crippen LogP contribution in [0.5, 0.6) is 0 Å². The number of carbonyl (C=O) groups excluding carboxylic acids is 2. The van der Waals surface area contributed by atoms with Gasteiger partial charge in [-0.05, 0) is 36.4 Å². The molecule has 3 amide bonds. The van der Waals surface area contributed by atoms with Crippen LogP contribution in [0.1, 0.15) is 20.8 Å². The fourth-order valence-corrected chi connectivity index (χ4v) is 4.35. The zero-order valence-electron chi connectivity index (χ0n) is 14.1. The molecule has 26 heavy (non-hydrogen) atoms. The van der Waals surface area contributed by atoms with Gasteiger partial charge in [0.15, 0.2) is 5.76 Å². The van der Waals surface area contributed by atoms with Crippen molar-refractivity contribution in [2.75, 3.05) is 6.26 Å². The summed E-state index contributed by atoms with van der Waals surface area (Å²) in [5, 5.41) is 8.74. The van der Waals surface area contributed by atoms with Crippen LogP contribution in [0.3, 0.4) is 0 Å². The third-order valence-electron chi connectivity index (χ3n) is 3.62. The first-order chi connectivity index (χ1) is 12.6. The van der Waals surface area contributed by atoms with Crippen LogP contribution in [0.4, 0.5) is 4.79 Å². The number of rotatable bonds is 5. The van der Waals surface area contributed by atoms with E-state index in [1.807, 2.05) is 13.2 Å². The quantitative estimate of drug-likeness (QED) is 0.650. The van der Waals surface area contributed by atoms with E-state index in [2.05, 4.69) is 20.8 Å². The van der Waals surface area contributed by atoms with E-state index in [1.54, 1.807) is 36.8 Å². The van der Waals surface area contributed by atoms with Gasteiger partial charge in [-0.3, -0.25) is 15.1 Å². The van der Waals surface area contributed by atoms with E-state index in [4.69, 9.17) is 4.52 Å². The zero-order valence-corrected chi connectivity index (χ0v) is 15.7. The lowest BCUT2D eigenvalue weighted by Crippen LogP contribution is -2.39. The Balaban J connectivity index is 1.71. The van der Waals surface area contributed by atoms with Crippen LogP contribution >= 0.6 is 23.1 Å². The number of pyridine rings is 1. The number of aromatic nitrogens is 2. The highest BCUT2D eigenvalue weighted by atomic mass is 32.2. The maximum Gasteiger partial charge on any atom is 0.322 e. The highest BCUT2D eigenvalue weighted by Crippen LogP contribution is 2.41. The maximum atomic E-state index is 12.5. The molecule has 0 bridgehead atoms. The topological polar surface area (TPSA) is 97.1 Å². The van der Waals surface area contributed by atoms with Gasteiger partial charge >= 0.3 is 6.03 Å². The minimum absolute atomic E-state index is 0.310. The van der Waals surface area contributed by atoms with Crippen LogP contribution in [-0.2, 0) is 6.54 Å². The van der Waals surface area contributed by atoms with Crippen molar-refractivity contribution < 1.29 is 14.1 Å². The molecule has 0 radical (unpaired) electrons. The molecular formula is C17H16N4O3S2. The van der Waals surface area contributed by atoms with Gasteiger partial charge in [-0.25, -0.2) is 4.79 Å². The van der Waals surface area contributed by atoms with Gasteiger partial charge in [0.2, 0.25) is 0 Å². The molecule has 3 aromatic heterocycles. The number of imide groups is 1. The van der Waals surface area contributed by atoms with Crippen molar-refractivity contribution in [3.05, 3.63) is 52.8 Å². The summed E-state index contributed by atoms with van der Waals surface area (Å²) in [5.41, 5.74) is 2.49. The summed E-state index contributed by atoms with van der Waals surface area (Å²) in [4.78, 5) is 28.9. The van der Waals surface area contributed by atoms with Gasteiger partial charge < -0.3 is 9.84 Å². The van der Waals surface area contributed by atoms with Gasteiger partial charge in [0.05, 0.1) is 15.3 Å². The summed E-state index contributed by atoms with van der Waals surface area (Å²) in [6, 6.07) is 4.78. The largest absolute Gasteiger partial charge is 0.356 e. The predicted octanol–water partition coefficient (Wildman–Crippen LogP) is 3.47. The van der Waals surface area contributed by atoms with Crippen molar-refractivity contribution in [3.63, 3.8) is 0 Å². The van der Waals surface area contributed by atoms with Gasteiger partial charge in [0, 0.05) is 30.6 Å². The average Bonchev–Trinajstić information content (AvgIpc) is 3.28. The van der Waals surface area contributed by atoms with Crippen LogP contribution in [0.25, 0.3) is 11.3 Å². The van der Waals surface area contributed by atoms with E-state index in [0.717, 1.165) is 20.9 Å². The Kier molecular flexibility index (Phi) is 5.69. The van der Waals surface area contributed by atoms with Crippen LogP contribution in [0.2, 0.25) is 0 Å². The smallest absolute Gasteiger partial charge is 0.322 e. The fourth-order valence-electron chi connectivity index (χ4n) is 2.36. The minimum atomic E-state index is -0.550. The lowest BCUT2D eigenvalue weighted by molar-refractivity contribution is 0.0967. The molecule has 0 fully saturated rings. The van der Waals surface area contributed by atoms with Crippen molar-refractivity contribution in [1.82, 2.24) is 20.8 Å². The van der Waals surface area contributed by atoms with Crippen LogP contribution in [0, 0.1) is 6.92 Å². The molecule has 3 aromatic rings. The van der Waals surface area contributed by atoms with Gasteiger partial charge in [-0.15, -0.1) is 23.1 Å². The molecule has 3 rings (SSSR count). The lowest BCUT2D eigenvalue weighted by atomic mass is 10.1. The number of carbonyl (C=O) groups is 2. The number of thiophene rings is 1. The van der Waals surface area contributed by atoms with E-state index in [1.165, 1.54) is 23.1 Å². The Morgan fingerprint density at radius 3 is 2.65 bits per heavy atom. The number of thioether (sulfide) groups is 1. The zero-order chi connectivity index (χ0) is 18.5. The fraction of sp³-hybridized carbons (Fsp3) is 0.176. The molecule has 9 heteroatoms. The standard InChI is InChI=1S/C17H16N4O3S2/c1-10-13(12-5-8-20-24-12)16(25-2)26-14(10)15(22)21-17(23)19-9-11-3-6-18-7-4-11/h3-8H,9H2,1-2H3,(H2,19,21,22,23). The Bertz CT molecular complexity index is 908. The first-order valence-corrected chi connectivity index (χ1v) is 9.70. The van der Waals surface area contributed by atoms with E-state index in [9.17, 15) is 9.59 Å². The van der Waals surface area contributed by atoms with Crippen LogP contribution in [-0.4, -0.2) is 28.3 Å². The van der Waals surface area contributed by atoms with Crippen molar-refractivity contribution in [2.24, 2.45) is 0 Å². The summed E-state index contributed by atoms with van der Waals surface area (Å²) in [6.45, 7) is 2.14. The van der Waals surface area contributed by atoms with Crippen molar-refractivity contribution >= 4 is 35.0 Å². The highest BCUT2D eigenvalue weighted by molar-refractivity contribution is 8.00. The molecule has 3 heterocycles. The number of hydrogen-bond donors (Lipinski definition) is 2. The average molecular weight is 388 g/mol. The molecule has 0 aromatic carbocycles. The predicted molar refractivity (Wildman–Crippen MR) is 100 cm³/mol. The molecule has 134 valence electrons. The molecule has 2 N–H and O–H groups in total. The number of nitrogens with zero attached hydrogens (tertiary/aromatic N) is 2. The first kappa shape index (κ1) is 18.2. The van der Waals surface area contributed by atoms with Crippen molar-refractivity contribution in [2.45, 2.75) is 17.7 Å². The minimum Gasteiger partial charge on any atom is -0.356 e. The van der Waals surface area contributed by atoms with Gasteiger partial charge in [0.25, 0.3) is 5.91 Å². The Morgan fingerprint density at radius 2 is 2.00 bits per heavy atom. The van der Waals surface area contributed by atoms with E-state index in [0.29, 0.717) is 17.2 Å². The second kappa shape index (κ2) is 8.15. The first-order valence-electron chi connectivity index (χ1n) is 7.66. The van der Waals surface area contributed by atoms with E-state index in [-0.39, 0.29) is 0 Å². The third kappa shape index (κ3) is 3.94. The molecule has 0 unspecified atom stereocenters. The second-order valence-electron chi connectivity index (χ2n) is 5.29. The third-order valence-corrected chi connectivity index (χ3v) is 6.03.